The van der Waals surface area contributed by atoms with Gasteiger partial charge in [0.15, 0.2) is 0 Å². The fourth-order valence-corrected chi connectivity index (χ4v) is 1.46. The van der Waals surface area contributed by atoms with Gasteiger partial charge in [-0.1, -0.05) is 0 Å². The summed E-state index contributed by atoms with van der Waals surface area (Å²) in [4.78, 5) is 0. The molecule has 90 valence electrons. The third-order valence-corrected chi connectivity index (χ3v) is 2.38. The molecule has 0 amide bonds. The van der Waals surface area contributed by atoms with Crippen molar-refractivity contribution in [2.24, 2.45) is 0 Å². The fourth-order valence-electron chi connectivity index (χ4n) is 1.37. The van der Waals surface area contributed by atoms with Crippen LogP contribution in [0.5, 0.6) is 5.75 Å². The first-order valence-electron chi connectivity index (χ1n) is 5.41. The topological polar surface area (TPSA) is 48.2 Å². The number of rotatable bonds is 4. The van der Waals surface area contributed by atoms with E-state index in [1.807, 2.05) is 31.2 Å². The molecule has 0 aliphatic rings. The summed E-state index contributed by atoms with van der Waals surface area (Å²) in [7, 11) is 0. The summed E-state index contributed by atoms with van der Waals surface area (Å²) in [6.07, 6.45) is 0. The summed E-state index contributed by atoms with van der Waals surface area (Å²) in [5.41, 5.74) is 0.851. The third kappa shape index (κ3) is 2.77. The average Bonchev–Trinajstić information content (AvgIpc) is 2.80. The van der Waals surface area contributed by atoms with Crippen molar-refractivity contribution in [3.8, 4) is 17.2 Å². The van der Waals surface area contributed by atoms with E-state index in [2.05, 4.69) is 10.2 Å². The quantitative estimate of drug-likeness (QED) is 0.782. The van der Waals surface area contributed by atoms with Crippen LogP contribution in [0.3, 0.4) is 0 Å². The molecular formula is C12H13ClN2O2. The van der Waals surface area contributed by atoms with E-state index >= 15 is 0 Å². The monoisotopic (exact) mass is 252 g/mol. The smallest absolute Gasteiger partial charge is 0.247 e. The molecule has 0 bridgehead atoms. The largest absolute Gasteiger partial charge is 0.494 e. The molecule has 1 aromatic heterocycles. The standard InChI is InChI=1S/C12H13ClN2O2/c1-3-16-10-6-4-9(5-7-10)12-15-14-11(17-12)8(2)13/h4-8H,3H2,1-2H3. The zero-order valence-electron chi connectivity index (χ0n) is 9.68. The Kier molecular flexibility index (Phi) is 3.64. The summed E-state index contributed by atoms with van der Waals surface area (Å²) < 4.78 is 10.8. The Morgan fingerprint density at radius 2 is 2.00 bits per heavy atom. The molecule has 17 heavy (non-hydrogen) atoms. The van der Waals surface area contributed by atoms with Gasteiger partial charge in [-0.15, -0.1) is 21.8 Å². The maximum Gasteiger partial charge on any atom is 0.247 e. The van der Waals surface area contributed by atoms with E-state index in [1.54, 1.807) is 6.92 Å². The summed E-state index contributed by atoms with van der Waals surface area (Å²) in [5.74, 6) is 1.72. The second-order valence-electron chi connectivity index (χ2n) is 3.52. The summed E-state index contributed by atoms with van der Waals surface area (Å²) in [6, 6.07) is 7.49. The molecule has 4 nitrogen and oxygen atoms in total. The molecule has 0 spiro atoms. The minimum Gasteiger partial charge on any atom is -0.494 e. The van der Waals surface area contributed by atoms with Crippen LogP contribution in [0.4, 0.5) is 0 Å². The second kappa shape index (κ2) is 5.19. The number of alkyl halides is 1. The van der Waals surface area contributed by atoms with Crippen molar-refractivity contribution in [2.75, 3.05) is 6.61 Å². The molecule has 2 rings (SSSR count). The number of nitrogens with zero attached hydrogens (tertiary/aromatic N) is 2. The average molecular weight is 253 g/mol. The first kappa shape index (κ1) is 11.9. The Hall–Kier alpha value is -1.55. The Bertz CT molecular complexity index is 480. The first-order chi connectivity index (χ1) is 8.20. The van der Waals surface area contributed by atoms with Crippen LogP contribution in [0.25, 0.3) is 11.5 Å². The van der Waals surface area contributed by atoms with Crippen LogP contribution in [-0.4, -0.2) is 16.8 Å². The van der Waals surface area contributed by atoms with Crippen LogP contribution in [0.1, 0.15) is 25.1 Å². The van der Waals surface area contributed by atoms with Crippen molar-refractivity contribution in [3.63, 3.8) is 0 Å². The molecule has 0 fully saturated rings. The van der Waals surface area contributed by atoms with Crippen LogP contribution in [-0.2, 0) is 0 Å². The summed E-state index contributed by atoms with van der Waals surface area (Å²) in [5, 5.41) is 7.53. The van der Waals surface area contributed by atoms with Crippen LogP contribution in [0.2, 0.25) is 0 Å². The summed E-state index contributed by atoms with van der Waals surface area (Å²) in [6.45, 7) is 4.38. The van der Waals surface area contributed by atoms with Gasteiger partial charge in [-0.05, 0) is 38.1 Å². The zero-order chi connectivity index (χ0) is 12.3. The highest BCUT2D eigenvalue weighted by Crippen LogP contribution is 2.24. The Morgan fingerprint density at radius 3 is 2.53 bits per heavy atom. The van der Waals surface area contributed by atoms with Gasteiger partial charge in [-0.3, -0.25) is 0 Å². The maximum absolute atomic E-state index is 5.85. The lowest BCUT2D eigenvalue weighted by Crippen LogP contribution is -1.90. The van der Waals surface area contributed by atoms with E-state index in [1.165, 1.54) is 0 Å². The van der Waals surface area contributed by atoms with Gasteiger partial charge in [-0.2, -0.15) is 0 Å². The highest BCUT2D eigenvalue weighted by atomic mass is 35.5. The van der Waals surface area contributed by atoms with Crippen molar-refractivity contribution in [1.82, 2.24) is 10.2 Å². The van der Waals surface area contributed by atoms with Crippen LogP contribution < -0.4 is 4.74 Å². The van der Waals surface area contributed by atoms with Gasteiger partial charge in [0, 0.05) is 5.56 Å². The van der Waals surface area contributed by atoms with Crippen molar-refractivity contribution in [3.05, 3.63) is 30.2 Å². The molecule has 0 saturated carbocycles. The molecule has 0 aliphatic carbocycles. The molecular weight excluding hydrogens is 240 g/mol. The molecule has 1 aromatic carbocycles. The number of hydrogen-bond donors (Lipinski definition) is 0. The van der Waals surface area contributed by atoms with E-state index in [-0.39, 0.29) is 5.38 Å². The molecule has 5 heteroatoms. The zero-order valence-corrected chi connectivity index (χ0v) is 10.4. The molecule has 0 radical (unpaired) electrons. The minimum absolute atomic E-state index is 0.279. The van der Waals surface area contributed by atoms with Gasteiger partial charge in [0.25, 0.3) is 0 Å². The lowest BCUT2D eigenvalue weighted by atomic mass is 10.2. The Balaban J connectivity index is 2.21. The highest BCUT2D eigenvalue weighted by molar-refractivity contribution is 6.20. The fraction of sp³-hybridized carbons (Fsp3) is 0.333. The van der Waals surface area contributed by atoms with Gasteiger partial charge in [0.2, 0.25) is 11.8 Å². The highest BCUT2D eigenvalue weighted by Gasteiger charge is 2.12. The van der Waals surface area contributed by atoms with Gasteiger partial charge < -0.3 is 9.15 Å². The van der Waals surface area contributed by atoms with Crippen LogP contribution in [0.15, 0.2) is 28.7 Å². The number of aromatic nitrogens is 2. The second-order valence-corrected chi connectivity index (χ2v) is 4.17. The Labute approximate surface area is 105 Å². The number of benzene rings is 1. The molecule has 0 N–H and O–H groups in total. The molecule has 1 atom stereocenters. The van der Waals surface area contributed by atoms with E-state index in [0.29, 0.717) is 18.4 Å². The van der Waals surface area contributed by atoms with E-state index in [0.717, 1.165) is 11.3 Å². The first-order valence-corrected chi connectivity index (χ1v) is 5.85. The number of hydrogen-bond acceptors (Lipinski definition) is 4. The minimum atomic E-state index is -0.279. The van der Waals surface area contributed by atoms with Gasteiger partial charge in [0.05, 0.1) is 6.61 Å². The van der Waals surface area contributed by atoms with Crippen molar-refractivity contribution >= 4 is 11.6 Å². The lowest BCUT2D eigenvalue weighted by molar-refractivity contribution is 0.340. The molecule has 0 saturated heterocycles. The molecule has 1 heterocycles. The molecule has 2 aromatic rings. The Morgan fingerprint density at radius 1 is 1.29 bits per heavy atom. The van der Waals surface area contributed by atoms with Crippen LogP contribution in [0, 0.1) is 0 Å². The van der Waals surface area contributed by atoms with Gasteiger partial charge >= 0.3 is 0 Å². The number of halogens is 1. The lowest BCUT2D eigenvalue weighted by Gasteiger charge is -2.02. The van der Waals surface area contributed by atoms with E-state index in [4.69, 9.17) is 20.8 Å². The van der Waals surface area contributed by atoms with E-state index < -0.39 is 0 Å². The van der Waals surface area contributed by atoms with Crippen molar-refractivity contribution in [2.45, 2.75) is 19.2 Å². The van der Waals surface area contributed by atoms with Crippen LogP contribution >= 0.6 is 11.6 Å². The predicted octanol–water partition coefficient (Wildman–Crippen LogP) is 3.44. The van der Waals surface area contributed by atoms with Crippen molar-refractivity contribution < 1.29 is 9.15 Å². The van der Waals surface area contributed by atoms with E-state index in [9.17, 15) is 0 Å². The predicted molar refractivity (Wildman–Crippen MR) is 65.2 cm³/mol. The molecule has 0 aliphatic heterocycles. The number of ether oxygens (including phenoxy) is 1. The van der Waals surface area contributed by atoms with Crippen molar-refractivity contribution in [1.29, 1.82) is 0 Å². The van der Waals surface area contributed by atoms with Gasteiger partial charge in [-0.25, -0.2) is 0 Å². The van der Waals surface area contributed by atoms with Gasteiger partial charge in [0.1, 0.15) is 11.1 Å². The molecule has 1 unspecified atom stereocenters. The SMILES string of the molecule is CCOc1ccc(-c2nnc(C(C)Cl)o2)cc1. The third-order valence-electron chi connectivity index (χ3n) is 2.19. The normalized spacial score (nSPS) is 12.4. The summed E-state index contributed by atoms with van der Waals surface area (Å²) >= 11 is 5.85. The maximum atomic E-state index is 5.85.